The number of amides is 1. The lowest BCUT2D eigenvalue weighted by atomic mass is 9.98. The number of para-hydroxylation sites is 1. The van der Waals surface area contributed by atoms with Gasteiger partial charge in [-0.15, -0.1) is 0 Å². The number of hydrogen-bond donors (Lipinski definition) is 1. The summed E-state index contributed by atoms with van der Waals surface area (Å²) in [5.74, 6) is -0.252. The van der Waals surface area contributed by atoms with Crippen LogP contribution in [0.3, 0.4) is 0 Å². The summed E-state index contributed by atoms with van der Waals surface area (Å²) in [5.41, 5.74) is 2.67. The maximum absolute atomic E-state index is 12.2. The summed E-state index contributed by atoms with van der Waals surface area (Å²) in [5, 5.41) is 7.15. The van der Waals surface area contributed by atoms with Crippen LogP contribution in [0.25, 0.3) is 5.69 Å². The molecule has 1 atom stereocenters. The second kappa shape index (κ2) is 8.99. The molecule has 0 aliphatic carbocycles. The number of hydrogen-bond acceptors (Lipinski definition) is 4. The Kier molecular flexibility index (Phi) is 6.22. The molecule has 28 heavy (non-hydrogen) atoms. The van der Waals surface area contributed by atoms with E-state index in [9.17, 15) is 9.59 Å². The molecule has 0 bridgehead atoms. The molecule has 2 aromatic carbocycles. The highest BCUT2D eigenvalue weighted by molar-refractivity contribution is 5.92. The van der Waals surface area contributed by atoms with E-state index in [4.69, 9.17) is 4.74 Å². The number of rotatable bonds is 7. The minimum absolute atomic E-state index is 0.0268. The number of nitrogens with zero attached hydrogens (tertiary/aromatic N) is 2. The summed E-state index contributed by atoms with van der Waals surface area (Å²) < 4.78 is 6.79. The molecule has 1 N–H and O–H groups in total. The van der Waals surface area contributed by atoms with Crippen LogP contribution in [-0.2, 0) is 14.3 Å². The monoisotopic (exact) mass is 377 g/mol. The van der Waals surface area contributed by atoms with Gasteiger partial charge in [0.25, 0.3) is 5.91 Å². The van der Waals surface area contributed by atoms with Gasteiger partial charge >= 0.3 is 5.97 Å². The summed E-state index contributed by atoms with van der Waals surface area (Å²) >= 11 is 0. The first-order chi connectivity index (χ1) is 13.5. The Hall–Kier alpha value is -3.41. The van der Waals surface area contributed by atoms with Crippen molar-refractivity contribution in [2.75, 3.05) is 11.9 Å². The van der Waals surface area contributed by atoms with Gasteiger partial charge in [0.2, 0.25) is 0 Å². The highest BCUT2D eigenvalue weighted by Gasteiger charge is 2.15. The minimum atomic E-state index is -0.405. The summed E-state index contributed by atoms with van der Waals surface area (Å²) in [6.45, 7) is 3.47. The molecule has 0 aliphatic heterocycles. The first kappa shape index (κ1) is 19.4. The van der Waals surface area contributed by atoms with Crippen molar-refractivity contribution >= 4 is 17.7 Å². The third kappa shape index (κ3) is 5.07. The normalized spacial score (nSPS) is 11.6. The molecule has 1 aromatic heterocycles. The van der Waals surface area contributed by atoms with E-state index in [1.54, 1.807) is 10.7 Å². The molecular weight excluding hydrogens is 354 g/mol. The van der Waals surface area contributed by atoms with Gasteiger partial charge in [-0.2, -0.15) is 5.10 Å². The number of carbonyl (C=O) groups excluding carboxylic acids is 2. The fourth-order valence-electron chi connectivity index (χ4n) is 2.89. The maximum Gasteiger partial charge on any atom is 0.306 e. The first-order valence-corrected chi connectivity index (χ1v) is 9.15. The molecule has 0 radical (unpaired) electrons. The number of nitrogens with one attached hydrogen (secondary N) is 1. The Bertz CT molecular complexity index is 936. The van der Waals surface area contributed by atoms with E-state index < -0.39 is 11.9 Å². The zero-order valence-electron chi connectivity index (χ0n) is 16.0. The quantitative estimate of drug-likeness (QED) is 0.635. The van der Waals surface area contributed by atoms with Gasteiger partial charge in [0.1, 0.15) is 5.82 Å². The smallest absolute Gasteiger partial charge is 0.306 e. The van der Waals surface area contributed by atoms with Crippen LogP contribution < -0.4 is 5.32 Å². The van der Waals surface area contributed by atoms with Crippen LogP contribution in [0.5, 0.6) is 0 Å². The van der Waals surface area contributed by atoms with E-state index >= 15 is 0 Å². The maximum atomic E-state index is 12.2. The van der Waals surface area contributed by atoms with E-state index in [0.717, 1.165) is 16.9 Å². The van der Waals surface area contributed by atoms with Crippen LogP contribution in [0, 0.1) is 6.92 Å². The van der Waals surface area contributed by atoms with Crippen LogP contribution in [-0.4, -0.2) is 28.3 Å². The fourth-order valence-corrected chi connectivity index (χ4v) is 2.89. The minimum Gasteiger partial charge on any atom is -0.456 e. The number of esters is 1. The van der Waals surface area contributed by atoms with Crippen molar-refractivity contribution in [3.8, 4) is 5.69 Å². The zero-order chi connectivity index (χ0) is 19.9. The molecule has 6 nitrogen and oxygen atoms in total. The molecule has 0 aliphatic rings. The Morgan fingerprint density at radius 2 is 1.71 bits per heavy atom. The highest BCUT2D eigenvalue weighted by Crippen LogP contribution is 2.19. The van der Waals surface area contributed by atoms with Crippen molar-refractivity contribution < 1.29 is 14.3 Å². The summed E-state index contributed by atoms with van der Waals surface area (Å²) in [7, 11) is 0. The van der Waals surface area contributed by atoms with Crippen LogP contribution in [0.2, 0.25) is 0 Å². The van der Waals surface area contributed by atoms with E-state index in [1.807, 2.05) is 74.5 Å². The molecule has 0 unspecified atom stereocenters. The zero-order valence-corrected chi connectivity index (χ0v) is 16.0. The van der Waals surface area contributed by atoms with Crippen LogP contribution in [0.15, 0.2) is 66.7 Å². The molecule has 0 saturated carbocycles. The van der Waals surface area contributed by atoms with Crippen LogP contribution in [0.1, 0.15) is 30.5 Å². The predicted octanol–water partition coefficient (Wildman–Crippen LogP) is 3.86. The summed E-state index contributed by atoms with van der Waals surface area (Å²) in [6, 6.07) is 21.0. The molecule has 1 heterocycles. The van der Waals surface area contributed by atoms with Crippen molar-refractivity contribution in [3.05, 3.63) is 78.0 Å². The average Bonchev–Trinajstić information content (AvgIpc) is 3.07. The Morgan fingerprint density at radius 1 is 1.07 bits per heavy atom. The van der Waals surface area contributed by atoms with Crippen LogP contribution >= 0.6 is 0 Å². The van der Waals surface area contributed by atoms with E-state index in [1.165, 1.54) is 0 Å². The number of benzene rings is 2. The SMILES string of the molecule is Cc1cc(NC(=O)COC(=O)C[C@@H](C)c2ccccc2)n(-c2ccccc2)n1. The molecule has 1 amide bonds. The van der Waals surface area contributed by atoms with Gasteiger partial charge in [-0.1, -0.05) is 55.5 Å². The van der Waals surface area contributed by atoms with Crippen molar-refractivity contribution in [3.63, 3.8) is 0 Å². The molecule has 0 fully saturated rings. The number of anilines is 1. The third-order valence-electron chi connectivity index (χ3n) is 4.31. The molecule has 3 rings (SSSR count). The van der Waals surface area contributed by atoms with E-state index in [-0.39, 0.29) is 18.9 Å². The topological polar surface area (TPSA) is 73.2 Å². The number of carbonyl (C=O) groups is 2. The van der Waals surface area contributed by atoms with Gasteiger partial charge in [-0.25, -0.2) is 4.68 Å². The second-order valence-corrected chi connectivity index (χ2v) is 6.64. The van der Waals surface area contributed by atoms with Crippen molar-refractivity contribution in [2.45, 2.75) is 26.2 Å². The fraction of sp³-hybridized carbons (Fsp3) is 0.227. The lowest BCUT2D eigenvalue weighted by molar-refractivity contribution is -0.147. The van der Waals surface area contributed by atoms with Crippen molar-refractivity contribution in [1.82, 2.24) is 9.78 Å². The molecule has 144 valence electrons. The lowest BCUT2D eigenvalue weighted by Gasteiger charge is -2.12. The van der Waals surface area contributed by atoms with Crippen molar-refractivity contribution in [1.29, 1.82) is 0 Å². The van der Waals surface area contributed by atoms with Crippen molar-refractivity contribution in [2.24, 2.45) is 0 Å². The Balaban J connectivity index is 1.54. The van der Waals surface area contributed by atoms with Gasteiger partial charge in [0.05, 0.1) is 17.8 Å². The average molecular weight is 377 g/mol. The standard InChI is InChI=1S/C22H23N3O3/c1-16(18-9-5-3-6-10-18)13-22(27)28-15-21(26)23-20-14-17(2)24-25(20)19-11-7-4-8-12-19/h3-12,14,16H,13,15H2,1-2H3,(H,23,26)/t16-/m1/s1. The Labute approximate surface area is 164 Å². The molecular formula is C22H23N3O3. The third-order valence-corrected chi connectivity index (χ3v) is 4.31. The number of aromatic nitrogens is 2. The van der Waals surface area contributed by atoms with E-state index in [0.29, 0.717) is 5.82 Å². The van der Waals surface area contributed by atoms with Gasteiger partial charge in [-0.3, -0.25) is 9.59 Å². The molecule has 3 aromatic rings. The molecule has 0 saturated heterocycles. The number of ether oxygens (including phenoxy) is 1. The Morgan fingerprint density at radius 3 is 2.39 bits per heavy atom. The highest BCUT2D eigenvalue weighted by atomic mass is 16.5. The van der Waals surface area contributed by atoms with Gasteiger partial charge in [0.15, 0.2) is 6.61 Å². The predicted molar refractivity (Wildman–Crippen MR) is 107 cm³/mol. The molecule has 0 spiro atoms. The summed E-state index contributed by atoms with van der Waals surface area (Å²) in [4.78, 5) is 24.3. The van der Waals surface area contributed by atoms with Gasteiger partial charge < -0.3 is 10.1 Å². The van der Waals surface area contributed by atoms with Crippen LogP contribution in [0.4, 0.5) is 5.82 Å². The first-order valence-electron chi connectivity index (χ1n) is 9.15. The largest absolute Gasteiger partial charge is 0.456 e. The number of aryl methyl sites for hydroxylation is 1. The summed E-state index contributed by atoms with van der Waals surface area (Å²) in [6.07, 6.45) is 0.221. The van der Waals surface area contributed by atoms with E-state index in [2.05, 4.69) is 10.4 Å². The second-order valence-electron chi connectivity index (χ2n) is 6.64. The van der Waals surface area contributed by atoms with Gasteiger partial charge in [0, 0.05) is 6.07 Å². The van der Waals surface area contributed by atoms with Gasteiger partial charge in [-0.05, 0) is 30.5 Å². The molecule has 6 heteroatoms. The lowest BCUT2D eigenvalue weighted by Crippen LogP contribution is -2.22.